The highest BCUT2D eigenvalue weighted by atomic mass is 16.5. The summed E-state index contributed by atoms with van der Waals surface area (Å²) >= 11 is 0. The third-order valence-corrected chi connectivity index (χ3v) is 4.51. The van der Waals surface area contributed by atoms with Gasteiger partial charge in [0.05, 0.1) is 6.04 Å². The lowest BCUT2D eigenvalue weighted by molar-refractivity contribution is -0.00690. The van der Waals surface area contributed by atoms with Gasteiger partial charge in [0.25, 0.3) is 0 Å². The summed E-state index contributed by atoms with van der Waals surface area (Å²) < 4.78 is 6.22. The Labute approximate surface area is 109 Å². The van der Waals surface area contributed by atoms with Crippen LogP contribution in [0.25, 0.3) is 0 Å². The molecule has 1 fully saturated rings. The fourth-order valence-corrected chi connectivity index (χ4v) is 3.23. The van der Waals surface area contributed by atoms with Crippen LogP contribution < -0.4 is 10.5 Å². The average molecular weight is 246 g/mol. The average Bonchev–Trinajstić information content (AvgIpc) is 2.64. The first kappa shape index (κ1) is 12.0. The molecule has 2 aliphatic rings. The molecule has 0 bridgehead atoms. The number of fused-ring (bicyclic) bond motifs is 1. The van der Waals surface area contributed by atoms with Gasteiger partial charge in [-0.2, -0.15) is 0 Å². The predicted octanol–water partition coefficient (Wildman–Crippen LogP) is 2.32. The number of likely N-dealkylation sites (tertiary alicyclic amines) is 1. The molecule has 1 atom stereocenters. The standard InChI is InChI=1S/C15H22N2O/c1-11(2)17-9-7-15(8-10-17)14(16)12-5-3-4-6-13(12)18-15/h3-6,11,14H,7-10,16H2,1-2H3/t14-/m1/s1. The number of benzene rings is 1. The fraction of sp³-hybridized carbons (Fsp3) is 0.600. The lowest BCUT2D eigenvalue weighted by Crippen LogP contribution is -2.52. The zero-order valence-electron chi connectivity index (χ0n) is 11.2. The van der Waals surface area contributed by atoms with Gasteiger partial charge in [-0.1, -0.05) is 18.2 Å². The highest BCUT2D eigenvalue weighted by Gasteiger charge is 2.48. The molecule has 98 valence electrons. The molecule has 3 rings (SSSR count). The Morgan fingerprint density at radius 2 is 1.94 bits per heavy atom. The summed E-state index contributed by atoms with van der Waals surface area (Å²) in [6.07, 6.45) is 2.06. The van der Waals surface area contributed by atoms with Crippen molar-refractivity contribution in [3.05, 3.63) is 29.8 Å². The van der Waals surface area contributed by atoms with Gasteiger partial charge in [-0.15, -0.1) is 0 Å². The van der Waals surface area contributed by atoms with E-state index in [1.807, 2.05) is 18.2 Å². The van der Waals surface area contributed by atoms with Crippen LogP contribution in [0.5, 0.6) is 5.75 Å². The van der Waals surface area contributed by atoms with Crippen LogP contribution in [0.15, 0.2) is 24.3 Å². The Hall–Kier alpha value is -1.06. The second-order valence-electron chi connectivity index (χ2n) is 5.81. The van der Waals surface area contributed by atoms with Crippen LogP contribution in [0, 0.1) is 0 Å². The molecule has 3 heteroatoms. The van der Waals surface area contributed by atoms with Crippen LogP contribution in [0.1, 0.15) is 38.3 Å². The van der Waals surface area contributed by atoms with E-state index in [0.717, 1.165) is 31.7 Å². The van der Waals surface area contributed by atoms with Crippen molar-refractivity contribution >= 4 is 0 Å². The molecule has 0 unspecified atom stereocenters. The van der Waals surface area contributed by atoms with E-state index in [2.05, 4.69) is 24.8 Å². The molecule has 2 heterocycles. The minimum atomic E-state index is -0.158. The summed E-state index contributed by atoms with van der Waals surface area (Å²) in [6, 6.07) is 8.85. The first-order valence-corrected chi connectivity index (χ1v) is 6.90. The number of ether oxygens (including phenoxy) is 1. The van der Waals surface area contributed by atoms with Gasteiger partial charge in [-0.25, -0.2) is 0 Å². The smallest absolute Gasteiger partial charge is 0.131 e. The molecule has 3 nitrogen and oxygen atoms in total. The van der Waals surface area contributed by atoms with Crippen molar-refractivity contribution in [2.45, 2.75) is 44.4 Å². The summed E-state index contributed by atoms with van der Waals surface area (Å²) in [6.45, 7) is 6.67. The van der Waals surface area contributed by atoms with Crippen molar-refractivity contribution in [3.63, 3.8) is 0 Å². The molecule has 2 N–H and O–H groups in total. The number of hydrogen-bond donors (Lipinski definition) is 1. The summed E-state index contributed by atoms with van der Waals surface area (Å²) in [5, 5.41) is 0. The summed E-state index contributed by atoms with van der Waals surface area (Å²) in [4.78, 5) is 2.50. The van der Waals surface area contributed by atoms with Crippen LogP contribution in [-0.4, -0.2) is 29.6 Å². The topological polar surface area (TPSA) is 38.5 Å². The van der Waals surface area contributed by atoms with Gasteiger partial charge >= 0.3 is 0 Å². The molecular weight excluding hydrogens is 224 g/mol. The Bertz CT molecular complexity index is 436. The van der Waals surface area contributed by atoms with E-state index in [1.165, 1.54) is 5.56 Å². The highest BCUT2D eigenvalue weighted by molar-refractivity contribution is 5.42. The van der Waals surface area contributed by atoms with Crippen LogP contribution in [0.2, 0.25) is 0 Å². The normalized spacial score (nSPS) is 26.3. The molecule has 18 heavy (non-hydrogen) atoms. The number of nitrogens with two attached hydrogens (primary N) is 1. The molecule has 0 amide bonds. The first-order valence-electron chi connectivity index (χ1n) is 6.90. The third-order valence-electron chi connectivity index (χ3n) is 4.51. The van der Waals surface area contributed by atoms with Crippen molar-refractivity contribution in [1.29, 1.82) is 0 Å². The summed E-state index contributed by atoms with van der Waals surface area (Å²) in [5.74, 6) is 0.989. The fourth-order valence-electron chi connectivity index (χ4n) is 3.23. The zero-order valence-corrected chi connectivity index (χ0v) is 11.2. The minimum Gasteiger partial charge on any atom is -0.485 e. The van der Waals surface area contributed by atoms with E-state index >= 15 is 0 Å². The number of nitrogens with zero attached hydrogens (tertiary/aromatic N) is 1. The Morgan fingerprint density at radius 3 is 2.56 bits per heavy atom. The number of piperidine rings is 1. The zero-order chi connectivity index (χ0) is 12.8. The van der Waals surface area contributed by atoms with Gasteiger partial charge in [0.2, 0.25) is 0 Å². The van der Waals surface area contributed by atoms with Crippen LogP contribution in [0.4, 0.5) is 0 Å². The summed E-state index contributed by atoms with van der Waals surface area (Å²) in [5.41, 5.74) is 7.45. The van der Waals surface area contributed by atoms with Gasteiger partial charge in [0, 0.05) is 37.5 Å². The molecule has 1 aromatic rings. The van der Waals surface area contributed by atoms with Crippen molar-refractivity contribution in [2.24, 2.45) is 5.73 Å². The second-order valence-corrected chi connectivity index (χ2v) is 5.81. The van der Waals surface area contributed by atoms with Gasteiger partial charge in [0.1, 0.15) is 11.4 Å². The molecule has 1 saturated heterocycles. The van der Waals surface area contributed by atoms with Gasteiger partial charge in [-0.05, 0) is 19.9 Å². The summed E-state index contributed by atoms with van der Waals surface area (Å²) in [7, 11) is 0. The highest BCUT2D eigenvalue weighted by Crippen LogP contribution is 2.46. The van der Waals surface area contributed by atoms with Crippen molar-refractivity contribution in [1.82, 2.24) is 4.90 Å². The van der Waals surface area contributed by atoms with E-state index in [-0.39, 0.29) is 11.6 Å². The molecule has 1 aromatic carbocycles. The van der Waals surface area contributed by atoms with Gasteiger partial charge in [0.15, 0.2) is 0 Å². The van der Waals surface area contributed by atoms with E-state index < -0.39 is 0 Å². The minimum absolute atomic E-state index is 0.0306. The maximum atomic E-state index is 6.43. The number of hydrogen-bond acceptors (Lipinski definition) is 3. The largest absolute Gasteiger partial charge is 0.485 e. The molecule has 0 aliphatic carbocycles. The van der Waals surface area contributed by atoms with E-state index in [0.29, 0.717) is 6.04 Å². The molecule has 0 saturated carbocycles. The van der Waals surface area contributed by atoms with E-state index in [1.54, 1.807) is 0 Å². The Balaban J connectivity index is 1.80. The molecule has 0 radical (unpaired) electrons. The van der Waals surface area contributed by atoms with Crippen LogP contribution >= 0.6 is 0 Å². The molecule has 0 aromatic heterocycles. The van der Waals surface area contributed by atoms with Crippen molar-refractivity contribution in [3.8, 4) is 5.75 Å². The Kier molecular flexibility index (Phi) is 2.83. The van der Waals surface area contributed by atoms with Gasteiger partial charge < -0.3 is 15.4 Å². The number of para-hydroxylation sites is 1. The molecule has 1 spiro atoms. The van der Waals surface area contributed by atoms with E-state index in [4.69, 9.17) is 10.5 Å². The quantitative estimate of drug-likeness (QED) is 0.826. The lowest BCUT2D eigenvalue weighted by atomic mass is 9.83. The monoisotopic (exact) mass is 246 g/mol. The molecular formula is C15H22N2O. The molecule has 2 aliphatic heterocycles. The van der Waals surface area contributed by atoms with Crippen molar-refractivity contribution < 1.29 is 4.74 Å². The van der Waals surface area contributed by atoms with Crippen LogP contribution in [0.3, 0.4) is 0 Å². The van der Waals surface area contributed by atoms with E-state index in [9.17, 15) is 0 Å². The lowest BCUT2D eigenvalue weighted by Gasteiger charge is -2.42. The third kappa shape index (κ3) is 1.73. The maximum absolute atomic E-state index is 6.43. The van der Waals surface area contributed by atoms with Crippen LogP contribution in [-0.2, 0) is 0 Å². The van der Waals surface area contributed by atoms with Gasteiger partial charge in [-0.3, -0.25) is 0 Å². The second kappa shape index (κ2) is 4.25. The maximum Gasteiger partial charge on any atom is 0.131 e. The predicted molar refractivity (Wildman–Crippen MR) is 72.7 cm³/mol. The van der Waals surface area contributed by atoms with Crippen molar-refractivity contribution in [2.75, 3.05) is 13.1 Å². The SMILES string of the molecule is CC(C)N1CCC2(CC1)Oc1ccccc1[C@H]2N. The Morgan fingerprint density at radius 1 is 1.28 bits per heavy atom. The first-order chi connectivity index (χ1) is 8.62. The number of rotatable bonds is 1.